The van der Waals surface area contributed by atoms with E-state index in [1.807, 2.05) is 17.8 Å². The van der Waals surface area contributed by atoms with Crippen molar-refractivity contribution in [3.63, 3.8) is 0 Å². The molecule has 17 rings (SSSR count). The summed E-state index contributed by atoms with van der Waals surface area (Å²) in [6.07, 6.45) is 0. The van der Waals surface area contributed by atoms with Crippen LogP contribution in [0.5, 0.6) is 0 Å². The van der Waals surface area contributed by atoms with Crippen molar-refractivity contribution < 1.29 is 11.0 Å². The van der Waals surface area contributed by atoms with Crippen LogP contribution < -0.4 is 21.3 Å². The molecular weight excluding hydrogens is 1370 g/mol. The molecule has 14 aromatic carbocycles. The van der Waals surface area contributed by atoms with Gasteiger partial charge in [0.05, 0.1) is 27.7 Å². The van der Waals surface area contributed by atoms with Crippen molar-refractivity contribution in [1.29, 1.82) is 0 Å². The van der Waals surface area contributed by atoms with Crippen molar-refractivity contribution in [3.05, 3.63) is 330 Å². The highest BCUT2D eigenvalue weighted by molar-refractivity contribution is 8.00. The Morgan fingerprint density at radius 1 is 0.286 bits per heavy atom. The molecule has 1 aromatic heterocycles. The fourth-order valence-corrected chi connectivity index (χ4v) is 17.9. The Morgan fingerprint density at radius 2 is 0.652 bits per heavy atom. The molecule has 3 heterocycles. The topological polar surface area (TPSA) is 8.17 Å². The lowest BCUT2D eigenvalue weighted by molar-refractivity contribution is 0.589. The predicted molar refractivity (Wildman–Crippen MR) is 486 cm³/mol. The highest BCUT2D eigenvalue weighted by Gasteiger charge is 2.45. The quantitative estimate of drug-likeness (QED) is 0.126. The Balaban J connectivity index is 1.04. The van der Waals surface area contributed by atoms with Crippen LogP contribution in [0.3, 0.4) is 0 Å². The highest BCUT2D eigenvalue weighted by Crippen LogP contribution is 2.54. The lowest BCUT2D eigenvalue weighted by Gasteiger charge is -2.43. The van der Waals surface area contributed by atoms with Gasteiger partial charge in [0.1, 0.15) is 0 Å². The molecule has 112 heavy (non-hydrogen) atoms. The molecular formula is C108H103BN2S. The van der Waals surface area contributed by atoms with Gasteiger partial charge >= 0.3 is 0 Å². The molecule has 0 N–H and O–H groups in total. The van der Waals surface area contributed by atoms with Crippen LogP contribution in [0.25, 0.3) is 117 Å². The minimum absolute atomic E-state index is 0.0170. The number of hydrogen-bond acceptors (Lipinski definition) is 2. The summed E-state index contributed by atoms with van der Waals surface area (Å²) in [6, 6.07) is 89.7. The summed E-state index contributed by atoms with van der Waals surface area (Å²) >= 11 is 1.84. The zero-order chi connectivity index (χ0) is 85.3. The first-order valence-electron chi connectivity index (χ1n) is 43.6. The summed E-state index contributed by atoms with van der Waals surface area (Å²) in [5, 5.41) is 0.0339. The lowest BCUT2D eigenvalue weighted by atomic mass is 9.34. The van der Waals surface area contributed by atoms with Gasteiger partial charge in [0, 0.05) is 48.8 Å². The van der Waals surface area contributed by atoms with Crippen LogP contribution in [0, 0.1) is 0 Å². The molecule has 0 fully saturated rings. The fourth-order valence-electron chi connectivity index (χ4n) is 16.6. The maximum atomic E-state index is 9.94. The Morgan fingerprint density at radius 3 is 1.05 bits per heavy atom. The van der Waals surface area contributed by atoms with E-state index in [0.717, 1.165) is 143 Å². The van der Waals surface area contributed by atoms with Gasteiger partial charge in [-0.15, -0.1) is 0 Å². The van der Waals surface area contributed by atoms with Crippen LogP contribution in [0.2, 0.25) is 0 Å². The summed E-state index contributed by atoms with van der Waals surface area (Å²) in [5.41, 5.74) is 29.7. The third-order valence-corrected chi connectivity index (χ3v) is 24.4. The minimum Gasteiger partial charge on any atom is -0.310 e. The van der Waals surface area contributed by atoms with Gasteiger partial charge in [-0.05, 0) is 246 Å². The Hall–Kier alpha value is -10.9. The Kier molecular flexibility index (Phi) is 15.9. The zero-order valence-electron chi connectivity index (χ0n) is 76.1. The second-order valence-corrected chi connectivity index (χ2v) is 38.4. The van der Waals surface area contributed by atoms with Crippen LogP contribution >= 0.6 is 11.8 Å². The molecule has 0 aliphatic carbocycles. The van der Waals surface area contributed by atoms with E-state index < -0.39 is 36.3 Å². The number of hydrogen-bond donors (Lipinski definition) is 0. The monoisotopic (exact) mass is 1480 g/mol. The molecule has 0 radical (unpaired) electrons. The molecule has 0 atom stereocenters. The van der Waals surface area contributed by atoms with Crippen molar-refractivity contribution in [1.82, 2.24) is 4.57 Å². The molecule has 0 amide bonds. The number of para-hydroxylation sites is 2. The summed E-state index contributed by atoms with van der Waals surface area (Å²) < 4.78 is 77.9. The molecule has 0 saturated heterocycles. The first kappa shape index (κ1) is 64.7. The minimum atomic E-state index is -0.495. The fraction of sp³-hybridized carbons (Fsp3) is 0.222. The summed E-state index contributed by atoms with van der Waals surface area (Å²) in [7, 11) is 0. The molecule has 2 aliphatic heterocycles. The average molecular weight is 1480 g/mol. The third kappa shape index (κ3) is 13.7. The van der Waals surface area contributed by atoms with Crippen molar-refractivity contribution in [2.45, 2.75) is 167 Å². The van der Waals surface area contributed by atoms with E-state index >= 15 is 0 Å². The summed E-state index contributed by atoms with van der Waals surface area (Å²) in [4.78, 5) is 4.70. The molecule has 2 nitrogen and oxygen atoms in total. The van der Waals surface area contributed by atoms with E-state index in [9.17, 15) is 8.22 Å². The number of anilines is 3. The Labute approximate surface area is 682 Å². The second-order valence-electron chi connectivity index (χ2n) is 37.3. The van der Waals surface area contributed by atoms with Gasteiger partial charge in [0.25, 0.3) is 0 Å². The standard InChI is InChI=1S/C108H103BN2S/c1-103(2,3)81-45-37-68(38-46-81)74-55-75(69-39-47-82(48-40-69)104(4,5)6)58-78(57-74)79-61-92(80-59-76(70-41-49-83(50-42-70)105(7,8)9)56-77(60-80)71-43-51-84(52-44-71)106(10,11)12)102-94(62-79)109-93-54-53-87(110-95-35-27-25-33-88(95)89-34-26-28-36-96(89)110)67-97(93)111(98-65-86(108(16,17)18)66-99(112-102)100(98)109)101-90(72-29-21-19-22-30-72)63-85(107(13,14)15)64-91(101)73-31-23-20-24-32-73/h19-67H,1-18H3/i25D,26D,27D,28D,33D,34D,35D,36D. The van der Waals surface area contributed by atoms with Crippen LogP contribution in [0.1, 0.15) is 169 Å². The molecule has 0 spiro atoms. The van der Waals surface area contributed by atoms with Gasteiger partial charge < -0.3 is 9.47 Å². The van der Waals surface area contributed by atoms with E-state index in [1.165, 1.54) is 22.3 Å². The largest absolute Gasteiger partial charge is 0.310 e. The summed E-state index contributed by atoms with van der Waals surface area (Å²) in [6.45, 7) is 40.4. The van der Waals surface area contributed by atoms with Gasteiger partial charge in [-0.3, -0.25) is 0 Å². The number of benzene rings is 14. The van der Waals surface area contributed by atoms with Gasteiger partial charge in [-0.1, -0.05) is 348 Å². The van der Waals surface area contributed by atoms with Crippen LogP contribution in [-0.4, -0.2) is 11.3 Å². The first-order valence-corrected chi connectivity index (χ1v) is 40.5. The number of nitrogens with zero attached hydrogens (tertiary/aromatic N) is 2. The zero-order valence-corrected chi connectivity index (χ0v) is 68.9. The SMILES string of the molecule is [2H]c1c([2H])c([2H])c2c(c1[2H])c1c([2H])c([2H])c([2H])c([2H])c1n2-c1ccc2c(c1)N(c1c(-c3ccccc3)cc(C(C)(C)C)cc1-c1ccccc1)c1cc(C(C)(C)C)cc3c1B2c1cc(-c2cc(-c4ccc(C(C)(C)C)cc4)cc(-c4ccc(C(C)(C)C)cc4)c2)cc(-c2cc(-c4ccc(C(C)(C)C)cc4)cc(-c4ccc(C(C)(C)C)cc4)c2)c1S3. The van der Waals surface area contributed by atoms with E-state index in [-0.39, 0.29) is 73.1 Å². The number of aromatic nitrogens is 1. The summed E-state index contributed by atoms with van der Waals surface area (Å²) in [5.74, 6) is 0. The maximum Gasteiger partial charge on any atom is 0.249 e. The molecule has 2 aliphatic rings. The molecule has 0 saturated carbocycles. The van der Waals surface area contributed by atoms with E-state index in [4.69, 9.17) is 2.74 Å². The average Bonchev–Trinajstić information content (AvgIpc) is 0.803. The second kappa shape index (κ2) is 27.5. The van der Waals surface area contributed by atoms with Gasteiger partial charge in [0.2, 0.25) is 6.71 Å². The van der Waals surface area contributed by atoms with Crippen LogP contribution in [-0.2, 0) is 32.5 Å². The highest BCUT2D eigenvalue weighted by atomic mass is 32.2. The van der Waals surface area contributed by atoms with E-state index in [2.05, 4.69) is 372 Å². The molecule has 0 bridgehead atoms. The van der Waals surface area contributed by atoms with Crippen molar-refractivity contribution in [2.75, 3.05) is 4.90 Å². The molecule has 15 aromatic rings. The van der Waals surface area contributed by atoms with Crippen molar-refractivity contribution in [2.24, 2.45) is 0 Å². The molecule has 554 valence electrons. The van der Waals surface area contributed by atoms with Crippen LogP contribution in [0.4, 0.5) is 17.1 Å². The Bertz CT molecular complexity index is 6370. The number of fused-ring (bicyclic) bond motifs is 7. The van der Waals surface area contributed by atoms with E-state index in [0.29, 0.717) is 5.69 Å². The number of rotatable bonds is 10. The van der Waals surface area contributed by atoms with Gasteiger partial charge in [-0.25, -0.2) is 0 Å². The predicted octanol–water partition coefficient (Wildman–Crippen LogP) is 28.7. The smallest absolute Gasteiger partial charge is 0.249 e. The van der Waals surface area contributed by atoms with E-state index in [1.54, 1.807) is 4.57 Å². The van der Waals surface area contributed by atoms with Crippen molar-refractivity contribution in [3.8, 4) is 94.7 Å². The normalized spacial score (nSPS) is 14.2. The molecule has 4 heteroatoms. The molecule has 0 unspecified atom stereocenters. The van der Waals surface area contributed by atoms with Crippen molar-refractivity contribution >= 4 is 73.7 Å². The maximum absolute atomic E-state index is 9.94. The van der Waals surface area contributed by atoms with Gasteiger partial charge in [-0.2, -0.15) is 0 Å². The van der Waals surface area contributed by atoms with Gasteiger partial charge in [0.15, 0.2) is 0 Å². The third-order valence-electron chi connectivity index (χ3n) is 23.2. The first-order chi connectivity index (χ1) is 56.6. The van der Waals surface area contributed by atoms with Crippen LogP contribution in [0.15, 0.2) is 307 Å². The lowest BCUT2D eigenvalue weighted by Crippen LogP contribution is -2.60.